The van der Waals surface area contributed by atoms with Crippen molar-refractivity contribution in [1.82, 2.24) is 0 Å². The average Bonchev–Trinajstić information content (AvgIpc) is 2.86. The summed E-state index contributed by atoms with van der Waals surface area (Å²) in [4.78, 5) is 0. The first kappa shape index (κ1) is 13.6. The Labute approximate surface area is 123 Å². The maximum Gasteiger partial charge on any atom is 0.0657 e. The van der Waals surface area contributed by atoms with Crippen molar-refractivity contribution in [2.24, 2.45) is 0 Å². The minimum absolute atomic E-state index is 0.704. The number of fused-ring (bicyclic) bond motifs is 3. The highest BCUT2D eigenvalue weighted by Crippen LogP contribution is 2.51. The van der Waals surface area contributed by atoms with E-state index in [1.54, 1.807) is 11.1 Å². The van der Waals surface area contributed by atoms with Crippen LogP contribution in [0.5, 0.6) is 0 Å². The molecular formula is C19H24Si. The van der Waals surface area contributed by atoms with Crippen molar-refractivity contribution in [3.63, 3.8) is 0 Å². The first-order valence-corrected chi connectivity index (χ1v) is 10.7. The van der Waals surface area contributed by atoms with E-state index in [1.807, 2.05) is 0 Å². The summed E-state index contributed by atoms with van der Waals surface area (Å²) >= 11 is 0. The molecule has 0 heterocycles. The second kappa shape index (κ2) is 5.21. The van der Waals surface area contributed by atoms with Crippen LogP contribution in [0.25, 0.3) is 11.1 Å². The molecule has 0 aromatic heterocycles. The molecule has 1 aliphatic rings. The fourth-order valence-electron chi connectivity index (χ4n) is 4.18. The lowest BCUT2D eigenvalue weighted by Gasteiger charge is -2.36. The molecule has 0 fully saturated rings. The van der Waals surface area contributed by atoms with E-state index in [2.05, 4.69) is 69.3 Å². The van der Waals surface area contributed by atoms with Crippen molar-refractivity contribution in [2.75, 3.05) is 0 Å². The molecule has 1 aliphatic carbocycles. The summed E-state index contributed by atoms with van der Waals surface area (Å²) in [5.74, 6) is 0. The largest absolute Gasteiger partial charge is 0.0677 e. The smallest absolute Gasteiger partial charge is 0.0657 e. The predicted octanol–water partition coefficient (Wildman–Crippen LogP) is 5.85. The molecule has 0 aliphatic heterocycles. The number of hydrogen-bond acceptors (Lipinski definition) is 0. The van der Waals surface area contributed by atoms with Gasteiger partial charge in [0, 0.05) is 5.54 Å². The maximum atomic E-state index is 2.42. The standard InChI is InChI=1S/C19H24Si/c1-4-20(5-2,6-3)19-17-13-9-7-11-15(17)16-12-8-10-14-18(16)19/h7-14,19H,4-6H2,1-3H3. The van der Waals surface area contributed by atoms with Crippen molar-refractivity contribution < 1.29 is 0 Å². The fourth-order valence-corrected chi connectivity index (χ4v) is 8.73. The lowest BCUT2D eigenvalue weighted by Crippen LogP contribution is -2.39. The van der Waals surface area contributed by atoms with Crippen LogP contribution in [0.4, 0.5) is 0 Å². The molecule has 20 heavy (non-hydrogen) atoms. The highest BCUT2D eigenvalue weighted by atomic mass is 28.3. The van der Waals surface area contributed by atoms with Gasteiger partial charge < -0.3 is 0 Å². The molecule has 3 rings (SSSR count). The average molecular weight is 280 g/mol. The van der Waals surface area contributed by atoms with Gasteiger partial charge in [-0.1, -0.05) is 87.4 Å². The number of hydrogen-bond donors (Lipinski definition) is 0. The SMILES string of the molecule is CC[Si](CC)(CC)C1c2ccccc2-c2ccccc21. The van der Waals surface area contributed by atoms with Crippen LogP contribution in [0.2, 0.25) is 18.1 Å². The third kappa shape index (κ3) is 1.80. The Kier molecular flexibility index (Phi) is 3.55. The van der Waals surface area contributed by atoms with Crippen molar-refractivity contribution in [2.45, 2.75) is 44.4 Å². The van der Waals surface area contributed by atoms with Gasteiger partial charge in [-0.3, -0.25) is 0 Å². The molecule has 104 valence electrons. The lowest BCUT2D eigenvalue weighted by molar-refractivity contribution is 1.01. The molecule has 0 amide bonds. The van der Waals surface area contributed by atoms with Gasteiger partial charge in [-0.05, 0) is 22.3 Å². The van der Waals surface area contributed by atoms with Crippen LogP contribution in [0, 0.1) is 0 Å². The summed E-state index contributed by atoms with van der Waals surface area (Å²) < 4.78 is 0. The Balaban J connectivity index is 2.26. The van der Waals surface area contributed by atoms with E-state index in [-0.39, 0.29) is 0 Å². The van der Waals surface area contributed by atoms with Crippen LogP contribution in [-0.4, -0.2) is 8.07 Å². The normalized spacial score (nSPS) is 14.2. The summed E-state index contributed by atoms with van der Waals surface area (Å²) in [5, 5.41) is 0. The lowest BCUT2D eigenvalue weighted by atomic mass is 10.1. The summed E-state index contributed by atoms with van der Waals surface area (Å²) in [6.07, 6.45) is 0. The Morgan fingerprint density at radius 1 is 0.700 bits per heavy atom. The van der Waals surface area contributed by atoms with E-state index in [4.69, 9.17) is 0 Å². The van der Waals surface area contributed by atoms with Crippen molar-refractivity contribution in [1.29, 1.82) is 0 Å². The van der Waals surface area contributed by atoms with Gasteiger partial charge in [-0.2, -0.15) is 0 Å². The Bertz CT molecular complexity index is 557. The molecule has 0 atom stereocenters. The second-order valence-corrected chi connectivity index (χ2v) is 11.5. The predicted molar refractivity (Wildman–Crippen MR) is 90.9 cm³/mol. The van der Waals surface area contributed by atoms with Crippen LogP contribution < -0.4 is 0 Å². The van der Waals surface area contributed by atoms with Gasteiger partial charge in [-0.15, -0.1) is 0 Å². The molecule has 0 radical (unpaired) electrons. The van der Waals surface area contributed by atoms with E-state index < -0.39 is 8.07 Å². The maximum absolute atomic E-state index is 2.42. The molecule has 0 spiro atoms. The van der Waals surface area contributed by atoms with Gasteiger partial charge in [0.2, 0.25) is 0 Å². The van der Waals surface area contributed by atoms with Crippen LogP contribution in [0.1, 0.15) is 37.4 Å². The number of benzene rings is 2. The monoisotopic (exact) mass is 280 g/mol. The summed E-state index contributed by atoms with van der Waals surface area (Å²) in [5.41, 5.74) is 6.88. The molecule has 0 N–H and O–H groups in total. The number of rotatable bonds is 4. The third-order valence-electron chi connectivity index (χ3n) is 5.56. The van der Waals surface area contributed by atoms with Gasteiger partial charge in [0.25, 0.3) is 0 Å². The molecule has 2 aromatic rings. The Hall–Kier alpha value is -1.34. The highest BCUT2D eigenvalue weighted by Gasteiger charge is 2.43. The van der Waals surface area contributed by atoms with E-state index in [0.29, 0.717) is 5.54 Å². The molecule has 1 heteroatoms. The van der Waals surface area contributed by atoms with E-state index in [1.165, 1.54) is 29.3 Å². The van der Waals surface area contributed by atoms with Crippen molar-refractivity contribution in [3.05, 3.63) is 59.7 Å². The molecule has 0 bridgehead atoms. The second-order valence-electron chi connectivity index (χ2n) is 6.03. The van der Waals surface area contributed by atoms with Gasteiger partial charge in [0.15, 0.2) is 0 Å². The zero-order chi connectivity index (χ0) is 14.2. The summed E-state index contributed by atoms with van der Waals surface area (Å²) in [6.45, 7) is 7.26. The first-order valence-electron chi connectivity index (χ1n) is 7.95. The fraction of sp³-hybridized carbons (Fsp3) is 0.368. The van der Waals surface area contributed by atoms with Gasteiger partial charge in [-0.25, -0.2) is 0 Å². The summed E-state index contributed by atoms with van der Waals surface area (Å²) in [7, 11) is -1.29. The minimum atomic E-state index is -1.29. The van der Waals surface area contributed by atoms with Crippen LogP contribution in [0.15, 0.2) is 48.5 Å². The quantitative estimate of drug-likeness (QED) is 0.617. The van der Waals surface area contributed by atoms with Crippen molar-refractivity contribution in [3.8, 4) is 11.1 Å². The van der Waals surface area contributed by atoms with Gasteiger partial charge in [0.05, 0.1) is 8.07 Å². The van der Waals surface area contributed by atoms with E-state index >= 15 is 0 Å². The third-order valence-corrected chi connectivity index (χ3v) is 11.6. The molecular weight excluding hydrogens is 256 g/mol. The zero-order valence-electron chi connectivity index (χ0n) is 12.8. The van der Waals surface area contributed by atoms with E-state index in [0.717, 1.165) is 0 Å². The first-order chi connectivity index (χ1) is 9.77. The van der Waals surface area contributed by atoms with Crippen molar-refractivity contribution >= 4 is 8.07 Å². The zero-order valence-corrected chi connectivity index (χ0v) is 13.8. The van der Waals surface area contributed by atoms with E-state index in [9.17, 15) is 0 Å². The molecule has 0 unspecified atom stereocenters. The Morgan fingerprint density at radius 3 is 1.50 bits per heavy atom. The Morgan fingerprint density at radius 2 is 1.10 bits per heavy atom. The van der Waals surface area contributed by atoms with Gasteiger partial charge in [0.1, 0.15) is 0 Å². The highest BCUT2D eigenvalue weighted by molar-refractivity contribution is 6.81. The van der Waals surface area contributed by atoms with Crippen LogP contribution >= 0.6 is 0 Å². The molecule has 0 saturated heterocycles. The van der Waals surface area contributed by atoms with Gasteiger partial charge >= 0.3 is 0 Å². The molecule has 2 aromatic carbocycles. The topological polar surface area (TPSA) is 0 Å². The van der Waals surface area contributed by atoms with Crippen LogP contribution in [-0.2, 0) is 0 Å². The molecule has 0 saturated carbocycles. The summed E-state index contributed by atoms with van der Waals surface area (Å²) in [6, 6.07) is 22.3. The molecule has 0 nitrogen and oxygen atoms in total. The minimum Gasteiger partial charge on any atom is -0.0677 e. The van der Waals surface area contributed by atoms with Crippen LogP contribution in [0.3, 0.4) is 0 Å².